The molecule has 2 aromatic heterocycles. The Morgan fingerprint density at radius 3 is 1.61 bits per heavy atom. The van der Waals surface area contributed by atoms with E-state index in [1.165, 1.54) is 43.8 Å². The quantitative estimate of drug-likeness (QED) is 0.135. The molecule has 0 bridgehead atoms. The number of para-hydroxylation sites is 2. The Morgan fingerprint density at radius 2 is 0.796 bits per heavy atom. The molecule has 4 nitrogen and oxygen atoms in total. The smallest absolute Gasteiger partial charge is 0.144 e. The van der Waals surface area contributed by atoms with E-state index < -0.39 is 0 Å². The van der Waals surface area contributed by atoms with Gasteiger partial charge < -0.3 is 18.6 Å². The summed E-state index contributed by atoms with van der Waals surface area (Å²) < 4.78 is 15.1. The largest absolute Gasteiger partial charge is 0.455 e. The van der Waals surface area contributed by atoms with Crippen LogP contribution in [-0.2, 0) is 5.41 Å². The summed E-state index contributed by atoms with van der Waals surface area (Å²) in [6.45, 7) is 4.75. The van der Waals surface area contributed by atoms with Crippen LogP contribution in [0.15, 0.2) is 324 Å². The van der Waals surface area contributed by atoms with Crippen LogP contribution in [0.25, 0.3) is 142 Å². The standard InChI is InChI=1S/C89H58N2O2/c1-89(2)77-42-19-18-37-68(77)69-46-44-63(52-78(69)89)90(61-31-10-5-11-32-61)80-54-76-81(91(62-33-20-30-58(49-62)55-23-6-3-7-24-55)79-50-60-28-13-15-35-65(60)66-36-16-17-38-70(66)79)53-75-71-45-43-59(56-25-8-4-9-26-56)51-83(71)93-88(75)86(76)85-73(80)47-48-82-84(85)74-41-22-40-72(87(74)92-82)67-39-21-29-57-27-12-14-34-64(57)67/h3-54H,1-2H3. The van der Waals surface area contributed by atoms with Crippen LogP contribution in [0.3, 0.4) is 0 Å². The number of hydrogen-bond donors (Lipinski definition) is 0. The minimum Gasteiger partial charge on any atom is -0.455 e. The monoisotopic (exact) mass is 1190 g/mol. The lowest BCUT2D eigenvalue weighted by Gasteiger charge is -2.32. The Kier molecular flexibility index (Phi) is 11.7. The van der Waals surface area contributed by atoms with Gasteiger partial charge in [0.2, 0.25) is 0 Å². The molecule has 0 saturated heterocycles. The van der Waals surface area contributed by atoms with Crippen molar-refractivity contribution in [2.45, 2.75) is 19.3 Å². The summed E-state index contributed by atoms with van der Waals surface area (Å²) >= 11 is 0. The normalized spacial score (nSPS) is 12.7. The number of rotatable bonds is 9. The Hall–Kier alpha value is -12.0. The van der Waals surface area contributed by atoms with Gasteiger partial charge in [-0.3, -0.25) is 0 Å². The Balaban J connectivity index is 1.02. The van der Waals surface area contributed by atoms with E-state index in [-0.39, 0.29) is 5.41 Å². The zero-order valence-corrected chi connectivity index (χ0v) is 51.2. The summed E-state index contributed by atoms with van der Waals surface area (Å²) in [4.78, 5) is 5.05. The highest BCUT2D eigenvalue weighted by molar-refractivity contribution is 6.37. The zero-order chi connectivity index (χ0) is 61.5. The van der Waals surface area contributed by atoms with Gasteiger partial charge in [-0.25, -0.2) is 0 Å². The molecule has 0 aliphatic heterocycles. The van der Waals surface area contributed by atoms with Crippen molar-refractivity contribution < 1.29 is 8.83 Å². The van der Waals surface area contributed by atoms with Gasteiger partial charge in [0.15, 0.2) is 0 Å². The second-order valence-electron chi connectivity index (χ2n) is 25.4. The van der Waals surface area contributed by atoms with Crippen LogP contribution < -0.4 is 9.80 Å². The molecule has 19 rings (SSSR count). The molecule has 2 heterocycles. The van der Waals surface area contributed by atoms with Crippen molar-refractivity contribution >= 4 is 132 Å². The highest BCUT2D eigenvalue weighted by atomic mass is 16.3. The average Bonchev–Trinajstić information content (AvgIpc) is 1.66. The first-order valence-electron chi connectivity index (χ1n) is 32.1. The third-order valence-electron chi connectivity index (χ3n) is 20.0. The first-order valence-corrected chi connectivity index (χ1v) is 32.1. The van der Waals surface area contributed by atoms with Crippen LogP contribution in [0, 0.1) is 0 Å². The number of nitrogens with zero attached hydrogens (tertiary/aromatic N) is 2. The molecule has 4 heteroatoms. The van der Waals surface area contributed by atoms with Crippen molar-refractivity contribution in [3.63, 3.8) is 0 Å². The fraction of sp³-hybridized carbons (Fsp3) is 0.0337. The van der Waals surface area contributed by atoms with Crippen molar-refractivity contribution in [1.82, 2.24) is 0 Å². The average molecular weight is 1190 g/mol. The van der Waals surface area contributed by atoms with Crippen LogP contribution >= 0.6 is 0 Å². The van der Waals surface area contributed by atoms with E-state index >= 15 is 0 Å². The predicted molar refractivity (Wildman–Crippen MR) is 392 cm³/mol. The van der Waals surface area contributed by atoms with Gasteiger partial charge in [-0.15, -0.1) is 0 Å². The van der Waals surface area contributed by atoms with E-state index in [0.717, 1.165) is 144 Å². The number of anilines is 6. The number of hydrogen-bond acceptors (Lipinski definition) is 4. The summed E-state index contributed by atoms with van der Waals surface area (Å²) in [5, 5.41) is 15.2. The molecule has 436 valence electrons. The Labute approximate surface area is 537 Å². The van der Waals surface area contributed by atoms with Gasteiger partial charge in [-0.05, 0) is 156 Å². The summed E-state index contributed by atoms with van der Waals surface area (Å²) in [5.41, 5.74) is 21.0. The summed E-state index contributed by atoms with van der Waals surface area (Å²) in [6, 6.07) is 116. The number of fused-ring (bicyclic) bond motifs is 18. The number of furan rings is 2. The molecule has 0 saturated carbocycles. The maximum atomic E-state index is 7.68. The SMILES string of the molecule is CC1(C)c2ccccc2-c2ccc(N(c3ccccc3)c3cc4c(N(c5cccc(-c6ccccc6)c5)c5cc6ccccc6c6ccccc56)cc5c6ccc(-c7ccccc7)cc6oc5c4c4c3ccc3oc5c(-c6cccc7ccccc67)cccc5c34)cc21. The van der Waals surface area contributed by atoms with Gasteiger partial charge in [0.05, 0.1) is 17.1 Å². The van der Waals surface area contributed by atoms with E-state index in [2.05, 4.69) is 339 Å². The molecule has 18 aromatic rings. The molecule has 0 spiro atoms. The maximum absolute atomic E-state index is 7.68. The van der Waals surface area contributed by atoms with Crippen LogP contribution in [0.4, 0.5) is 34.1 Å². The van der Waals surface area contributed by atoms with Crippen molar-refractivity contribution in [3.8, 4) is 44.5 Å². The van der Waals surface area contributed by atoms with E-state index in [0.29, 0.717) is 0 Å². The third kappa shape index (κ3) is 8.11. The lowest BCUT2D eigenvalue weighted by atomic mass is 9.82. The first-order chi connectivity index (χ1) is 45.9. The van der Waals surface area contributed by atoms with Gasteiger partial charge in [-0.2, -0.15) is 0 Å². The molecule has 16 aromatic carbocycles. The molecule has 0 atom stereocenters. The van der Waals surface area contributed by atoms with E-state index in [1.807, 2.05) is 0 Å². The summed E-state index contributed by atoms with van der Waals surface area (Å²) in [6.07, 6.45) is 0. The van der Waals surface area contributed by atoms with E-state index in [1.54, 1.807) is 0 Å². The summed E-state index contributed by atoms with van der Waals surface area (Å²) in [7, 11) is 0. The van der Waals surface area contributed by atoms with Crippen LogP contribution in [-0.4, -0.2) is 0 Å². The molecule has 0 radical (unpaired) electrons. The van der Waals surface area contributed by atoms with Crippen molar-refractivity contribution in [1.29, 1.82) is 0 Å². The van der Waals surface area contributed by atoms with Crippen LogP contribution in [0.2, 0.25) is 0 Å². The molecule has 1 aliphatic rings. The Morgan fingerprint density at radius 1 is 0.247 bits per heavy atom. The van der Waals surface area contributed by atoms with Gasteiger partial charge in [0.1, 0.15) is 22.3 Å². The number of benzene rings is 16. The molecule has 0 fully saturated rings. The highest BCUT2D eigenvalue weighted by Crippen LogP contribution is 2.56. The van der Waals surface area contributed by atoms with Crippen molar-refractivity contribution in [2.75, 3.05) is 9.80 Å². The van der Waals surface area contributed by atoms with Crippen molar-refractivity contribution in [3.05, 3.63) is 327 Å². The van der Waals surface area contributed by atoms with E-state index in [4.69, 9.17) is 8.83 Å². The van der Waals surface area contributed by atoms with Crippen LogP contribution in [0.5, 0.6) is 0 Å². The minimum absolute atomic E-state index is 0.253. The summed E-state index contributed by atoms with van der Waals surface area (Å²) in [5.74, 6) is 0. The molecule has 1 aliphatic carbocycles. The van der Waals surface area contributed by atoms with E-state index in [9.17, 15) is 0 Å². The minimum atomic E-state index is -0.253. The van der Waals surface area contributed by atoms with Gasteiger partial charge in [0, 0.05) is 76.5 Å². The Bertz CT molecular complexity index is 6090. The maximum Gasteiger partial charge on any atom is 0.144 e. The van der Waals surface area contributed by atoms with Gasteiger partial charge in [0.25, 0.3) is 0 Å². The van der Waals surface area contributed by atoms with Gasteiger partial charge >= 0.3 is 0 Å². The molecule has 0 amide bonds. The predicted octanol–water partition coefficient (Wildman–Crippen LogP) is 25.5. The van der Waals surface area contributed by atoms with Crippen molar-refractivity contribution in [2.24, 2.45) is 0 Å². The zero-order valence-electron chi connectivity index (χ0n) is 51.2. The second kappa shape index (κ2) is 20.5. The third-order valence-corrected chi connectivity index (χ3v) is 20.0. The lowest BCUT2D eigenvalue weighted by Crippen LogP contribution is -2.17. The topological polar surface area (TPSA) is 32.8 Å². The molecular formula is C89H58N2O2. The molecule has 0 unspecified atom stereocenters. The van der Waals surface area contributed by atoms with Gasteiger partial charge in [-0.1, -0.05) is 250 Å². The fourth-order valence-electron chi connectivity index (χ4n) is 15.7. The molecular weight excluding hydrogens is 1130 g/mol. The molecule has 0 N–H and O–H groups in total. The van der Waals surface area contributed by atoms with Crippen LogP contribution in [0.1, 0.15) is 25.0 Å². The second-order valence-corrected chi connectivity index (χ2v) is 25.4. The first kappa shape index (κ1) is 52.9. The highest BCUT2D eigenvalue weighted by Gasteiger charge is 2.37. The lowest BCUT2D eigenvalue weighted by molar-refractivity contribution is 0.660. The fourth-order valence-corrected chi connectivity index (χ4v) is 15.7. The molecule has 93 heavy (non-hydrogen) atoms.